The zero-order valence-corrected chi connectivity index (χ0v) is 11.6. The van der Waals surface area contributed by atoms with E-state index in [0.717, 1.165) is 16.9 Å². The summed E-state index contributed by atoms with van der Waals surface area (Å²) in [6.07, 6.45) is 1.61. The Balaban J connectivity index is 2.49. The molecule has 2 aromatic rings. The van der Waals surface area contributed by atoms with E-state index in [1.165, 1.54) is 0 Å². The largest absolute Gasteiger partial charge is 0.612 e. The minimum absolute atomic E-state index is 0.493. The molecule has 0 aliphatic heterocycles. The molecule has 2 rings (SSSR count). The molecular weight excluding hydrogens is 268 g/mol. The Morgan fingerprint density at radius 3 is 2.72 bits per heavy atom. The fraction of sp³-hybridized carbons (Fsp3) is 0.143. The molecule has 0 aliphatic carbocycles. The molecule has 0 aliphatic rings. The van der Waals surface area contributed by atoms with Crippen LogP contribution in [0.1, 0.15) is 0 Å². The minimum Gasteiger partial charge on any atom is -0.612 e. The standard InChI is InChI=1S/C14H12ClO2S/c1-17-13-6-4-3-5-11(13)10-7-8-14(18(2)16)12(15)9-10/h3-4,6-9H,1-2H3. The lowest BCUT2D eigenvalue weighted by molar-refractivity contribution is 0.416. The van der Waals surface area contributed by atoms with E-state index in [0.29, 0.717) is 9.92 Å². The van der Waals surface area contributed by atoms with Gasteiger partial charge in [0.2, 0.25) is 0 Å². The third-order valence-corrected chi connectivity index (χ3v) is 3.97. The summed E-state index contributed by atoms with van der Waals surface area (Å²) < 4.78 is 16.7. The number of hydrogen-bond acceptors (Lipinski definition) is 2. The van der Waals surface area contributed by atoms with Crippen LogP contribution in [0.2, 0.25) is 5.02 Å². The zero-order valence-electron chi connectivity index (χ0n) is 10.1. The van der Waals surface area contributed by atoms with E-state index in [1.807, 2.05) is 24.3 Å². The first kappa shape index (κ1) is 13.3. The molecule has 0 spiro atoms. The fourth-order valence-corrected chi connectivity index (χ4v) is 2.81. The van der Waals surface area contributed by atoms with E-state index >= 15 is 0 Å². The van der Waals surface area contributed by atoms with Crippen LogP contribution in [0.25, 0.3) is 11.1 Å². The van der Waals surface area contributed by atoms with Crippen molar-refractivity contribution in [3.8, 4) is 16.9 Å². The van der Waals surface area contributed by atoms with Gasteiger partial charge in [0, 0.05) is 5.56 Å². The number of benzene rings is 2. The van der Waals surface area contributed by atoms with E-state index in [-0.39, 0.29) is 0 Å². The highest BCUT2D eigenvalue weighted by molar-refractivity contribution is 7.90. The maximum Gasteiger partial charge on any atom is 0.171 e. The SMILES string of the molecule is COc1ccc[c]c1-c1ccc([S+](C)[O-])c(Cl)c1. The summed E-state index contributed by atoms with van der Waals surface area (Å²) in [7, 11) is 1.61. The van der Waals surface area contributed by atoms with Gasteiger partial charge in [0.1, 0.15) is 12.0 Å². The monoisotopic (exact) mass is 279 g/mol. The smallest absolute Gasteiger partial charge is 0.171 e. The molecule has 93 valence electrons. The van der Waals surface area contributed by atoms with Gasteiger partial charge >= 0.3 is 0 Å². The van der Waals surface area contributed by atoms with Crippen LogP contribution in [0.4, 0.5) is 0 Å². The Morgan fingerprint density at radius 2 is 2.11 bits per heavy atom. The van der Waals surface area contributed by atoms with E-state index in [4.69, 9.17) is 16.3 Å². The average molecular weight is 280 g/mol. The summed E-state index contributed by atoms with van der Waals surface area (Å²) in [6, 6.07) is 14.1. The third kappa shape index (κ3) is 2.64. The summed E-state index contributed by atoms with van der Waals surface area (Å²) in [5, 5.41) is 0.493. The molecule has 0 heterocycles. The molecule has 0 fully saturated rings. The highest BCUT2D eigenvalue weighted by atomic mass is 35.5. The maximum atomic E-state index is 11.4. The molecule has 2 aromatic carbocycles. The zero-order chi connectivity index (χ0) is 13.1. The first-order chi connectivity index (χ1) is 8.63. The molecule has 1 unspecified atom stereocenters. The van der Waals surface area contributed by atoms with Gasteiger partial charge in [-0.05, 0) is 47.1 Å². The number of methoxy groups -OCH3 is 1. The number of hydrogen-bond donors (Lipinski definition) is 0. The molecule has 0 bridgehead atoms. The van der Waals surface area contributed by atoms with Gasteiger partial charge in [0.15, 0.2) is 4.90 Å². The Kier molecular flexibility index (Phi) is 4.17. The van der Waals surface area contributed by atoms with Crippen molar-refractivity contribution in [2.75, 3.05) is 13.4 Å². The second kappa shape index (κ2) is 5.65. The summed E-state index contributed by atoms with van der Waals surface area (Å²) in [5.41, 5.74) is 1.74. The highest BCUT2D eigenvalue weighted by Crippen LogP contribution is 2.33. The van der Waals surface area contributed by atoms with Crippen molar-refractivity contribution in [3.05, 3.63) is 47.5 Å². The van der Waals surface area contributed by atoms with Crippen molar-refractivity contribution in [2.45, 2.75) is 4.90 Å². The van der Waals surface area contributed by atoms with Crippen molar-refractivity contribution in [1.29, 1.82) is 0 Å². The molecular formula is C14H12ClO2S. The summed E-state index contributed by atoms with van der Waals surface area (Å²) in [4.78, 5) is 0.635. The van der Waals surface area contributed by atoms with Crippen LogP contribution in [0.3, 0.4) is 0 Å². The van der Waals surface area contributed by atoms with Crippen molar-refractivity contribution in [2.24, 2.45) is 0 Å². The summed E-state index contributed by atoms with van der Waals surface area (Å²) in [6.45, 7) is 0. The molecule has 0 saturated carbocycles. The lowest BCUT2D eigenvalue weighted by Gasteiger charge is -2.10. The second-order valence-electron chi connectivity index (χ2n) is 3.71. The van der Waals surface area contributed by atoms with Crippen LogP contribution < -0.4 is 4.74 Å². The molecule has 0 aromatic heterocycles. The molecule has 1 radical (unpaired) electrons. The lowest BCUT2D eigenvalue weighted by atomic mass is 10.0. The first-order valence-corrected chi connectivity index (χ1v) is 7.25. The topological polar surface area (TPSA) is 32.3 Å². The Labute approximate surface area is 115 Å². The molecule has 2 nitrogen and oxygen atoms in total. The number of halogens is 1. The van der Waals surface area contributed by atoms with Crippen molar-refractivity contribution in [3.63, 3.8) is 0 Å². The van der Waals surface area contributed by atoms with Crippen molar-refractivity contribution < 1.29 is 9.29 Å². The van der Waals surface area contributed by atoms with Crippen molar-refractivity contribution >= 4 is 22.8 Å². The predicted molar refractivity (Wildman–Crippen MR) is 74.6 cm³/mol. The van der Waals surface area contributed by atoms with Gasteiger partial charge < -0.3 is 9.29 Å². The molecule has 18 heavy (non-hydrogen) atoms. The highest BCUT2D eigenvalue weighted by Gasteiger charge is 2.13. The van der Waals surface area contributed by atoms with Crippen molar-refractivity contribution in [1.82, 2.24) is 0 Å². The van der Waals surface area contributed by atoms with Crippen LogP contribution in [-0.2, 0) is 11.2 Å². The van der Waals surface area contributed by atoms with Gasteiger partial charge in [0.05, 0.1) is 12.1 Å². The molecule has 0 amide bonds. The van der Waals surface area contributed by atoms with E-state index < -0.39 is 11.2 Å². The lowest BCUT2D eigenvalue weighted by Crippen LogP contribution is -1.98. The fourth-order valence-electron chi connectivity index (χ4n) is 1.71. The van der Waals surface area contributed by atoms with Gasteiger partial charge in [-0.15, -0.1) is 0 Å². The summed E-state index contributed by atoms with van der Waals surface area (Å²) >= 11 is 5.04. The molecule has 0 N–H and O–H groups in total. The predicted octanol–water partition coefficient (Wildman–Crippen LogP) is 3.55. The van der Waals surface area contributed by atoms with Crippen LogP contribution in [0.5, 0.6) is 5.75 Å². The molecule has 1 atom stereocenters. The quantitative estimate of drug-likeness (QED) is 0.805. The first-order valence-electron chi connectivity index (χ1n) is 5.31. The molecule has 0 saturated heterocycles. The van der Waals surface area contributed by atoms with Crippen LogP contribution in [0.15, 0.2) is 41.3 Å². The van der Waals surface area contributed by atoms with Crippen LogP contribution >= 0.6 is 11.6 Å². The van der Waals surface area contributed by atoms with E-state index in [9.17, 15) is 4.55 Å². The third-order valence-electron chi connectivity index (χ3n) is 2.57. The Bertz CT molecular complexity index is 555. The number of ether oxygens (including phenoxy) is 1. The Morgan fingerprint density at radius 1 is 1.33 bits per heavy atom. The minimum atomic E-state index is -1.09. The van der Waals surface area contributed by atoms with Gasteiger partial charge in [-0.3, -0.25) is 0 Å². The summed E-state index contributed by atoms with van der Waals surface area (Å²) in [5.74, 6) is 0.735. The van der Waals surface area contributed by atoms with Crippen LogP contribution in [0, 0.1) is 6.07 Å². The normalized spacial score (nSPS) is 12.2. The maximum absolute atomic E-state index is 11.4. The molecule has 4 heteroatoms. The Hall–Kier alpha value is -1.16. The van der Waals surface area contributed by atoms with E-state index in [1.54, 1.807) is 25.5 Å². The van der Waals surface area contributed by atoms with Gasteiger partial charge in [-0.2, -0.15) is 0 Å². The average Bonchev–Trinajstić information content (AvgIpc) is 2.38. The number of rotatable bonds is 3. The second-order valence-corrected chi connectivity index (χ2v) is 5.47. The van der Waals surface area contributed by atoms with E-state index in [2.05, 4.69) is 6.07 Å². The van der Waals surface area contributed by atoms with Gasteiger partial charge in [-0.25, -0.2) is 0 Å². The van der Waals surface area contributed by atoms with Gasteiger partial charge in [0.25, 0.3) is 0 Å². The van der Waals surface area contributed by atoms with Gasteiger partial charge in [-0.1, -0.05) is 23.7 Å². The van der Waals surface area contributed by atoms with Crippen LogP contribution in [-0.4, -0.2) is 17.9 Å².